The maximum atomic E-state index is 13.4. The van der Waals surface area contributed by atoms with Crippen molar-refractivity contribution in [3.05, 3.63) is 29.8 Å². The molecule has 5 atom stereocenters. The summed E-state index contributed by atoms with van der Waals surface area (Å²) in [7, 11) is 1.56. The number of para-hydroxylation sites is 1. The van der Waals surface area contributed by atoms with Gasteiger partial charge in [0.05, 0.1) is 31.5 Å². The van der Waals surface area contributed by atoms with Crippen LogP contribution in [0.5, 0.6) is 0 Å². The van der Waals surface area contributed by atoms with Gasteiger partial charge in [-0.2, -0.15) is 5.06 Å². The summed E-state index contributed by atoms with van der Waals surface area (Å²) in [6, 6.07) is 8.16. The Morgan fingerprint density at radius 3 is 3.04 bits per heavy atom. The number of nitrogens with zero attached hydrogens (tertiary/aromatic N) is 2. The van der Waals surface area contributed by atoms with Crippen LogP contribution in [0.15, 0.2) is 29.3 Å². The quantitative estimate of drug-likeness (QED) is 0.839. The highest BCUT2D eigenvalue weighted by Gasteiger charge is 2.64. The molecule has 5 nitrogen and oxygen atoms in total. The number of ether oxygens (including phenoxy) is 1. The van der Waals surface area contributed by atoms with Gasteiger partial charge in [-0.15, -0.1) is 0 Å². The van der Waals surface area contributed by atoms with Crippen molar-refractivity contribution in [2.24, 2.45) is 16.8 Å². The van der Waals surface area contributed by atoms with Crippen molar-refractivity contribution in [3.8, 4) is 0 Å². The summed E-state index contributed by atoms with van der Waals surface area (Å²) in [5.74, 6) is 0.930. The lowest BCUT2D eigenvalue weighted by Gasteiger charge is -2.38. The van der Waals surface area contributed by atoms with Gasteiger partial charge in [0.2, 0.25) is 0 Å². The summed E-state index contributed by atoms with van der Waals surface area (Å²) in [5, 5.41) is 1.45. The predicted molar refractivity (Wildman–Crippen MR) is 90.1 cm³/mol. The van der Waals surface area contributed by atoms with Gasteiger partial charge in [0.15, 0.2) is 0 Å². The van der Waals surface area contributed by atoms with Crippen molar-refractivity contribution in [2.45, 2.75) is 43.7 Å². The van der Waals surface area contributed by atoms with Crippen LogP contribution in [0.3, 0.4) is 0 Å². The van der Waals surface area contributed by atoms with Gasteiger partial charge < -0.3 is 4.74 Å². The molecule has 2 saturated heterocycles. The number of aliphatic imine (C=N–C) groups is 1. The first-order chi connectivity index (χ1) is 11.7. The first-order valence-electron chi connectivity index (χ1n) is 8.87. The number of hydrogen-bond donors (Lipinski definition) is 0. The SMILES string of the molecule is CCC1=N[C@H]2C[C@@]3(C(=O)N(OC)c4ccccc43)[C@H]3C[C@@H]1[C@@H]2CO3. The summed E-state index contributed by atoms with van der Waals surface area (Å²) in [6.45, 7) is 2.90. The van der Waals surface area contributed by atoms with Gasteiger partial charge in [-0.25, -0.2) is 0 Å². The van der Waals surface area contributed by atoms with Gasteiger partial charge >= 0.3 is 0 Å². The molecule has 1 aromatic rings. The Balaban J connectivity index is 1.69. The molecule has 1 aliphatic carbocycles. The third kappa shape index (κ3) is 1.57. The van der Waals surface area contributed by atoms with Crippen molar-refractivity contribution in [1.29, 1.82) is 0 Å². The minimum Gasteiger partial charge on any atom is -0.376 e. The molecule has 3 fully saturated rings. The number of anilines is 1. The van der Waals surface area contributed by atoms with Crippen molar-refractivity contribution >= 4 is 17.3 Å². The lowest BCUT2D eigenvalue weighted by molar-refractivity contribution is -0.137. The Bertz CT molecular complexity index is 746. The molecule has 5 heteroatoms. The number of fused-ring (bicyclic) bond motifs is 2. The molecule has 0 radical (unpaired) electrons. The second-order valence-electron chi connectivity index (χ2n) is 7.34. The van der Waals surface area contributed by atoms with Crippen LogP contribution >= 0.6 is 0 Å². The van der Waals surface area contributed by atoms with E-state index in [0.29, 0.717) is 11.8 Å². The van der Waals surface area contributed by atoms with Crippen molar-refractivity contribution in [1.82, 2.24) is 0 Å². The Morgan fingerprint density at radius 1 is 1.42 bits per heavy atom. The summed E-state index contributed by atoms with van der Waals surface area (Å²) >= 11 is 0. The fourth-order valence-electron chi connectivity index (χ4n) is 5.46. The molecule has 1 aromatic carbocycles. The van der Waals surface area contributed by atoms with Crippen LogP contribution in [0.2, 0.25) is 0 Å². The van der Waals surface area contributed by atoms with Crippen LogP contribution in [-0.4, -0.2) is 37.5 Å². The van der Waals surface area contributed by atoms with E-state index in [1.807, 2.05) is 18.2 Å². The summed E-state index contributed by atoms with van der Waals surface area (Å²) in [5.41, 5.74) is 2.58. The smallest absolute Gasteiger partial charge is 0.264 e. The minimum atomic E-state index is -0.649. The molecule has 5 aliphatic rings. The van der Waals surface area contributed by atoms with Crippen LogP contribution in [0.1, 0.15) is 31.7 Å². The zero-order valence-electron chi connectivity index (χ0n) is 14.1. The number of rotatable bonds is 2. The van der Waals surface area contributed by atoms with E-state index in [-0.39, 0.29) is 18.1 Å². The highest BCUT2D eigenvalue weighted by atomic mass is 16.7. The molecule has 1 amide bonds. The van der Waals surface area contributed by atoms with Crippen LogP contribution in [0.25, 0.3) is 0 Å². The van der Waals surface area contributed by atoms with E-state index in [1.165, 1.54) is 10.8 Å². The Morgan fingerprint density at radius 2 is 2.25 bits per heavy atom. The van der Waals surface area contributed by atoms with Crippen molar-refractivity contribution in [2.75, 3.05) is 18.8 Å². The Labute approximate surface area is 141 Å². The Hall–Kier alpha value is -1.72. The van der Waals surface area contributed by atoms with E-state index >= 15 is 0 Å². The van der Waals surface area contributed by atoms with Crippen LogP contribution in [-0.2, 0) is 19.8 Å². The number of carbonyl (C=O) groups is 1. The molecule has 6 rings (SSSR count). The monoisotopic (exact) mass is 326 g/mol. The molecular formula is C19H22N2O3. The third-order valence-electron chi connectivity index (χ3n) is 6.52. The molecule has 0 aromatic heterocycles. The molecule has 1 spiro atoms. The normalized spacial score (nSPS) is 39.3. The van der Waals surface area contributed by atoms with E-state index in [9.17, 15) is 4.79 Å². The van der Waals surface area contributed by atoms with Crippen molar-refractivity contribution < 1.29 is 14.4 Å². The van der Waals surface area contributed by atoms with Gasteiger partial charge in [-0.3, -0.25) is 14.6 Å². The fourth-order valence-corrected chi connectivity index (χ4v) is 5.46. The van der Waals surface area contributed by atoms with Crippen LogP contribution < -0.4 is 5.06 Å². The molecular weight excluding hydrogens is 304 g/mol. The average molecular weight is 326 g/mol. The summed E-state index contributed by atoms with van der Waals surface area (Å²) in [6.07, 6.45) is 2.55. The first-order valence-corrected chi connectivity index (χ1v) is 8.87. The molecule has 1 saturated carbocycles. The van der Waals surface area contributed by atoms with Crippen molar-refractivity contribution in [3.63, 3.8) is 0 Å². The fraction of sp³-hybridized carbons (Fsp3) is 0.579. The summed E-state index contributed by atoms with van der Waals surface area (Å²) in [4.78, 5) is 23.9. The molecule has 4 bridgehead atoms. The topological polar surface area (TPSA) is 51.1 Å². The van der Waals surface area contributed by atoms with E-state index in [2.05, 4.69) is 13.0 Å². The molecule has 4 aliphatic heterocycles. The van der Waals surface area contributed by atoms with Crippen LogP contribution in [0, 0.1) is 11.8 Å². The molecule has 126 valence electrons. The first kappa shape index (κ1) is 14.6. The minimum absolute atomic E-state index is 0.0117. The zero-order chi connectivity index (χ0) is 16.5. The lowest BCUT2D eigenvalue weighted by Crippen LogP contribution is -2.51. The van der Waals surface area contributed by atoms with E-state index < -0.39 is 5.41 Å². The summed E-state index contributed by atoms with van der Waals surface area (Å²) < 4.78 is 6.26. The largest absolute Gasteiger partial charge is 0.376 e. The molecule has 0 unspecified atom stereocenters. The number of carbonyl (C=O) groups excluding carboxylic acids is 1. The van der Waals surface area contributed by atoms with E-state index in [1.54, 1.807) is 7.11 Å². The Kier molecular flexibility index (Phi) is 2.98. The molecule has 24 heavy (non-hydrogen) atoms. The average Bonchev–Trinajstić information content (AvgIpc) is 2.96. The van der Waals surface area contributed by atoms with E-state index in [4.69, 9.17) is 14.6 Å². The highest BCUT2D eigenvalue weighted by Crippen LogP contribution is 2.56. The number of hydroxylamine groups is 1. The van der Waals surface area contributed by atoms with Gasteiger partial charge in [-0.05, 0) is 30.9 Å². The second-order valence-corrected chi connectivity index (χ2v) is 7.34. The molecule has 4 heterocycles. The molecule has 0 N–H and O–H groups in total. The zero-order valence-corrected chi connectivity index (χ0v) is 14.1. The van der Waals surface area contributed by atoms with Gasteiger partial charge in [0.1, 0.15) is 5.41 Å². The van der Waals surface area contributed by atoms with E-state index in [0.717, 1.165) is 37.1 Å². The highest BCUT2D eigenvalue weighted by molar-refractivity contribution is 6.07. The number of benzene rings is 1. The van der Waals surface area contributed by atoms with Gasteiger partial charge in [-0.1, -0.05) is 25.1 Å². The maximum Gasteiger partial charge on any atom is 0.264 e. The predicted octanol–water partition coefficient (Wildman–Crippen LogP) is 2.49. The van der Waals surface area contributed by atoms with Gasteiger partial charge in [0.25, 0.3) is 5.91 Å². The van der Waals surface area contributed by atoms with Crippen LogP contribution in [0.4, 0.5) is 5.69 Å². The maximum absolute atomic E-state index is 13.4. The standard InChI is InChI=1S/C19H22N2O3/c1-3-14-11-8-17-19(9-15(20-14)12(11)10-24-17)13-6-4-5-7-16(13)21(23-2)18(19)22/h4-7,11-12,15,17H,3,8-10H2,1-2H3/t11-,12+,15+,17-,19+/m1/s1. The van der Waals surface area contributed by atoms with Gasteiger partial charge in [0, 0.05) is 17.5 Å². The third-order valence-corrected chi connectivity index (χ3v) is 6.52. The number of amides is 1. The second kappa shape index (κ2) is 4.90. The lowest BCUT2D eigenvalue weighted by atomic mass is 9.71. The number of hydrogen-bond acceptors (Lipinski definition) is 4.